The summed E-state index contributed by atoms with van der Waals surface area (Å²) in [4.78, 5) is 23.4. The lowest BCUT2D eigenvalue weighted by Gasteiger charge is -2.08. The minimum atomic E-state index is -0.318. The number of amides is 2. The molecule has 0 heterocycles. The van der Waals surface area contributed by atoms with E-state index in [0.29, 0.717) is 16.9 Å². The molecule has 0 saturated carbocycles. The first kappa shape index (κ1) is 15.5. The summed E-state index contributed by atoms with van der Waals surface area (Å²) in [6, 6.07) is 14.0. The van der Waals surface area contributed by atoms with Crippen molar-refractivity contribution in [3.8, 4) is 0 Å². The van der Waals surface area contributed by atoms with E-state index in [-0.39, 0.29) is 17.7 Å². The van der Waals surface area contributed by atoms with Crippen LogP contribution in [0.1, 0.15) is 10.4 Å². The highest BCUT2D eigenvalue weighted by atomic mass is 79.9. The molecular weight excluding hydrogens is 356 g/mol. The average molecular weight is 368 g/mol. The van der Waals surface area contributed by atoms with Gasteiger partial charge in [-0.2, -0.15) is 0 Å². The molecule has 0 fully saturated rings. The van der Waals surface area contributed by atoms with Crippen LogP contribution in [0.4, 0.5) is 11.4 Å². The van der Waals surface area contributed by atoms with Crippen LogP contribution in [-0.2, 0) is 4.79 Å². The van der Waals surface area contributed by atoms with Gasteiger partial charge in [0.1, 0.15) is 5.88 Å². The number of anilines is 2. The summed E-state index contributed by atoms with van der Waals surface area (Å²) >= 11 is 8.77. The van der Waals surface area contributed by atoms with Crippen LogP contribution in [0.25, 0.3) is 0 Å². The third-order valence-corrected chi connectivity index (χ3v) is 3.35. The van der Waals surface area contributed by atoms with E-state index >= 15 is 0 Å². The van der Waals surface area contributed by atoms with Crippen molar-refractivity contribution in [1.29, 1.82) is 0 Å². The summed E-state index contributed by atoms with van der Waals surface area (Å²) < 4.78 is 0.878. The molecule has 0 aromatic heterocycles. The molecule has 6 heteroatoms. The quantitative estimate of drug-likeness (QED) is 0.806. The molecule has 0 bridgehead atoms. The number of halogens is 2. The Balaban J connectivity index is 2.12. The van der Waals surface area contributed by atoms with Crippen LogP contribution in [0.2, 0.25) is 0 Å². The van der Waals surface area contributed by atoms with Crippen molar-refractivity contribution in [2.24, 2.45) is 0 Å². The van der Waals surface area contributed by atoms with Gasteiger partial charge >= 0.3 is 0 Å². The number of hydrogen-bond acceptors (Lipinski definition) is 2. The fourth-order valence-electron chi connectivity index (χ4n) is 1.70. The predicted molar refractivity (Wildman–Crippen MR) is 87.9 cm³/mol. The molecule has 2 N–H and O–H groups in total. The smallest absolute Gasteiger partial charge is 0.255 e. The molecule has 2 rings (SSSR count). The topological polar surface area (TPSA) is 58.2 Å². The van der Waals surface area contributed by atoms with Crippen molar-refractivity contribution < 1.29 is 9.59 Å². The monoisotopic (exact) mass is 366 g/mol. The van der Waals surface area contributed by atoms with E-state index in [2.05, 4.69) is 26.6 Å². The van der Waals surface area contributed by atoms with Gasteiger partial charge in [-0.05, 0) is 36.4 Å². The lowest BCUT2D eigenvalue weighted by atomic mass is 10.2. The number of carbonyl (C=O) groups is 2. The number of nitrogens with one attached hydrogen (secondary N) is 2. The van der Waals surface area contributed by atoms with Gasteiger partial charge in [0.05, 0.1) is 0 Å². The Morgan fingerprint density at radius 1 is 1.00 bits per heavy atom. The summed E-state index contributed by atoms with van der Waals surface area (Å²) in [7, 11) is 0. The fraction of sp³-hybridized carbons (Fsp3) is 0.0667. The highest BCUT2D eigenvalue weighted by molar-refractivity contribution is 9.10. The Morgan fingerprint density at radius 3 is 2.33 bits per heavy atom. The van der Waals surface area contributed by atoms with Crippen molar-refractivity contribution in [3.05, 3.63) is 58.6 Å². The third kappa shape index (κ3) is 4.58. The number of hydrogen-bond donors (Lipinski definition) is 2. The summed E-state index contributed by atoms with van der Waals surface area (Å²) in [6.07, 6.45) is 0. The molecule has 0 saturated heterocycles. The molecule has 0 aliphatic heterocycles. The van der Waals surface area contributed by atoms with Crippen molar-refractivity contribution in [2.45, 2.75) is 0 Å². The maximum atomic E-state index is 12.2. The molecule has 0 atom stereocenters. The van der Waals surface area contributed by atoms with Crippen molar-refractivity contribution in [2.75, 3.05) is 16.5 Å². The van der Waals surface area contributed by atoms with E-state index in [1.54, 1.807) is 36.4 Å². The molecule has 0 unspecified atom stereocenters. The van der Waals surface area contributed by atoms with Crippen molar-refractivity contribution >= 4 is 50.7 Å². The van der Waals surface area contributed by atoms with E-state index in [1.165, 1.54) is 0 Å². The van der Waals surface area contributed by atoms with Gasteiger partial charge < -0.3 is 10.6 Å². The van der Waals surface area contributed by atoms with Crippen LogP contribution in [0.15, 0.2) is 53.0 Å². The first-order chi connectivity index (χ1) is 10.1. The van der Waals surface area contributed by atoms with Crippen molar-refractivity contribution in [1.82, 2.24) is 0 Å². The Labute approximate surface area is 135 Å². The van der Waals surface area contributed by atoms with Gasteiger partial charge in [-0.25, -0.2) is 0 Å². The molecule has 0 radical (unpaired) electrons. The van der Waals surface area contributed by atoms with Crippen molar-refractivity contribution in [3.63, 3.8) is 0 Å². The zero-order chi connectivity index (χ0) is 15.2. The molecule has 2 aromatic rings. The van der Waals surface area contributed by atoms with Gasteiger partial charge in [0.15, 0.2) is 0 Å². The van der Waals surface area contributed by atoms with Gasteiger partial charge in [-0.3, -0.25) is 9.59 Å². The van der Waals surface area contributed by atoms with Gasteiger partial charge in [-0.15, -0.1) is 11.6 Å². The Bertz CT molecular complexity index is 676. The van der Waals surface area contributed by atoms with Gasteiger partial charge in [0, 0.05) is 21.4 Å². The highest BCUT2D eigenvalue weighted by Gasteiger charge is 2.08. The minimum Gasteiger partial charge on any atom is -0.325 e. The van der Waals surface area contributed by atoms with E-state index in [9.17, 15) is 9.59 Å². The lowest BCUT2D eigenvalue weighted by Crippen LogP contribution is -2.15. The number of alkyl halides is 1. The van der Waals surface area contributed by atoms with E-state index in [0.717, 1.165) is 4.47 Å². The SMILES string of the molecule is O=C(CCl)Nc1cccc(C(=O)Nc2cccc(Br)c2)c1. The molecule has 108 valence electrons. The molecule has 0 aliphatic carbocycles. The Hall–Kier alpha value is -1.85. The van der Waals surface area contributed by atoms with E-state index in [4.69, 9.17) is 11.6 Å². The second-order valence-electron chi connectivity index (χ2n) is 4.23. The van der Waals surface area contributed by atoms with Crippen LogP contribution < -0.4 is 10.6 Å². The zero-order valence-corrected chi connectivity index (χ0v) is 13.2. The van der Waals surface area contributed by atoms with Crippen LogP contribution >= 0.6 is 27.5 Å². The molecule has 0 spiro atoms. The molecule has 4 nitrogen and oxygen atoms in total. The number of carbonyl (C=O) groups excluding carboxylic acids is 2. The van der Waals surface area contributed by atoms with Crippen LogP contribution in [0.3, 0.4) is 0 Å². The summed E-state index contributed by atoms with van der Waals surface area (Å²) in [5.74, 6) is -0.703. The van der Waals surface area contributed by atoms with Crippen LogP contribution in [0, 0.1) is 0 Å². The van der Waals surface area contributed by atoms with Crippen LogP contribution in [0.5, 0.6) is 0 Å². The average Bonchev–Trinajstić information content (AvgIpc) is 2.47. The molecule has 21 heavy (non-hydrogen) atoms. The van der Waals surface area contributed by atoms with E-state index in [1.807, 2.05) is 12.1 Å². The first-order valence-corrected chi connectivity index (χ1v) is 7.44. The molecule has 0 aliphatic rings. The standard InChI is InChI=1S/C15H12BrClN2O2/c16-11-4-2-6-13(8-11)19-15(21)10-3-1-5-12(7-10)18-14(20)9-17/h1-8H,9H2,(H,18,20)(H,19,21). The van der Waals surface area contributed by atoms with Crippen LogP contribution in [-0.4, -0.2) is 17.7 Å². The van der Waals surface area contributed by atoms with E-state index < -0.39 is 0 Å². The normalized spacial score (nSPS) is 10.0. The molecule has 2 amide bonds. The molecule has 2 aromatic carbocycles. The third-order valence-electron chi connectivity index (χ3n) is 2.61. The fourth-order valence-corrected chi connectivity index (χ4v) is 2.17. The highest BCUT2D eigenvalue weighted by Crippen LogP contribution is 2.17. The summed E-state index contributed by atoms with van der Waals surface area (Å²) in [6.45, 7) is 0. The number of benzene rings is 2. The second-order valence-corrected chi connectivity index (χ2v) is 5.41. The summed E-state index contributed by atoms with van der Waals surface area (Å²) in [5, 5.41) is 5.39. The Kier molecular flexibility index (Phi) is 5.36. The number of rotatable bonds is 4. The van der Waals surface area contributed by atoms with Gasteiger partial charge in [-0.1, -0.05) is 28.1 Å². The second kappa shape index (κ2) is 7.24. The minimum absolute atomic E-state index is 0.130. The zero-order valence-electron chi connectivity index (χ0n) is 10.9. The largest absolute Gasteiger partial charge is 0.325 e. The first-order valence-electron chi connectivity index (χ1n) is 6.11. The predicted octanol–water partition coefficient (Wildman–Crippen LogP) is 3.88. The lowest BCUT2D eigenvalue weighted by molar-refractivity contribution is -0.113. The van der Waals surface area contributed by atoms with Gasteiger partial charge in [0.25, 0.3) is 5.91 Å². The maximum Gasteiger partial charge on any atom is 0.255 e. The Morgan fingerprint density at radius 2 is 1.67 bits per heavy atom. The maximum absolute atomic E-state index is 12.2. The molecular formula is C15H12BrClN2O2. The van der Waals surface area contributed by atoms with Gasteiger partial charge in [0.2, 0.25) is 5.91 Å². The summed E-state index contributed by atoms with van der Waals surface area (Å²) in [5.41, 5.74) is 1.66.